The van der Waals surface area contributed by atoms with Crippen molar-refractivity contribution >= 4 is 11.6 Å². The predicted octanol–water partition coefficient (Wildman–Crippen LogP) is 2.61. The minimum absolute atomic E-state index is 0.00789. The van der Waals surface area contributed by atoms with E-state index in [0.29, 0.717) is 5.69 Å². The zero-order valence-corrected chi connectivity index (χ0v) is 11.0. The van der Waals surface area contributed by atoms with Crippen molar-refractivity contribution in [2.45, 2.75) is 32.9 Å². The second-order valence-corrected chi connectivity index (χ2v) is 4.11. The maximum Gasteiger partial charge on any atom is 0.387 e. The number of anilines is 1. The van der Waals surface area contributed by atoms with Crippen LogP contribution in [0.3, 0.4) is 0 Å². The highest BCUT2D eigenvalue weighted by Gasteiger charge is 2.10. The van der Waals surface area contributed by atoms with Gasteiger partial charge in [0.1, 0.15) is 5.75 Å². The molecule has 0 bridgehead atoms. The van der Waals surface area contributed by atoms with E-state index in [4.69, 9.17) is 0 Å². The smallest absolute Gasteiger partial charge is 0.387 e. The largest absolute Gasteiger partial charge is 0.433 e. The van der Waals surface area contributed by atoms with E-state index in [2.05, 4.69) is 15.4 Å². The molecule has 1 amide bonds. The van der Waals surface area contributed by atoms with Crippen molar-refractivity contribution in [2.24, 2.45) is 0 Å². The Bertz CT molecular complexity index is 413. The van der Waals surface area contributed by atoms with Crippen molar-refractivity contribution in [1.82, 2.24) is 5.32 Å². The molecule has 1 unspecified atom stereocenters. The monoisotopic (exact) mass is 272 g/mol. The quantitative estimate of drug-likeness (QED) is 0.802. The van der Waals surface area contributed by atoms with Crippen LogP contribution in [-0.2, 0) is 4.79 Å². The molecular weight excluding hydrogens is 254 g/mol. The maximum absolute atomic E-state index is 12.2. The van der Waals surface area contributed by atoms with Gasteiger partial charge in [0.25, 0.3) is 0 Å². The molecule has 2 N–H and O–H groups in total. The van der Waals surface area contributed by atoms with E-state index in [1.165, 1.54) is 6.07 Å². The Balaban J connectivity index is 2.55. The molecule has 4 nitrogen and oxygen atoms in total. The number of amides is 1. The van der Waals surface area contributed by atoms with Gasteiger partial charge in [0.05, 0.1) is 12.2 Å². The highest BCUT2D eigenvalue weighted by atomic mass is 19.3. The van der Waals surface area contributed by atoms with Crippen LogP contribution in [0.25, 0.3) is 0 Å². The van der Waals surface area contributed by atoms with Gasteiger partial charge in [-0.3, -0.25) is 4.79 Å². The first-order valence-electron chi connectivity index (χ1n) is 6.10. The number of nitrogens with one attached hydrogen (secondary N) is 2. The van der Waals surface area contributed by atoms with Crippen LogP contribution in [0.5, 0.6) is 5.75 Å². The third kappa shape index (κ3) is 5.54. The summed E-state index contributed by atoms with van der Waals surface area (Å²) in [5, 5.41) is 5.55. The number of para-hydroxylation sites is 2. The Kier molecular flexibility index (Phi) is 6.05. The van der Waals surface area contributed by atoms with Gasteiger partial charge in [-0.05, 0) is 25.5 Å². The van der Waals surface area contributed by atoms with Gasteiger partial charge in [-0.15, -0.1) is 0 Å². The van der Waals surface area contributed by atoms with Crippen molar-refractivity contribution in [3.63, 3.8) is 0 Å². The predicted molar refractivity (Wildman–Crippen MR) is 69.5 cm³/mol. The molecule has 19 heavy (non-hydrogen) atoms. The molecule has 1 aromatic rings. The minimum atomic E-state index is -2.89. The van der Waals surface area contributed by atoms with Crippen LogP contribution < -0.4 is 15.4 Å². The second-order valence-electron chi connectivity index (χ2n) is 4.11. The molecule has 0 fully saturated rings. The van der Waals surface area contributed by atoms with Crippen molar-refractivity contribution in [3.05, 3.63) is 24.3 Å². The average molecular weight is 272 g/mol. The zero-order chi connectivity index (χ0) is 14.3. The first-order chi connectivity index (χ1) is 9.02. The number of hydrogen-bond acceptors (Lipinski definition) is 3. The summed E-state index contributed by atoms with van der Waals surface area (Å²) in [4.78, 5) is 11.6. The fourth-order valence-corrected chi connectivity index (χ4v) is 1.41. The number of alkyl halides is 2. The van der Waals surface area contributed by atoms with Crippen LogP contribution in [0.2, 0.25) is 0 Å². The molecule has 0 radical (unpaired) electrons. The Labute approximate surface area is 111 Å². The third-order valence-electron chi connectivity index (χ3n) is 2.56. The lowest BCUT2D eigenvalue weighted by Crippen LogP contribution is -2.36. The number of carbonyl (C=O) groups is 1. The molecule has 0 saturated heterocycles. The van der Waals surface area contributed by atoms with Crippen molar-refractivity contribution < 1.29 is 18.3 Å². The van der Waals surface area contributed by atoms with Crippen LogP contribution in [0, 0.1) is 0 Å². The number of carbonyl (C=O) groups excluding carboxylic acids is 1. The number of hydrogen-bond donors (Lipinski definition) is 2. The molecule has 0 aliphatic rings. The number of halogens is 2. The first-order valence-corrected chi connectivity index (χ1v) is 6.10. The van der Waals surface area contributed by atoms with E-state index in [1.54, 1.807) is 18.2 Å². The lowest BCUT2D eigenvalue weighted by Gasteiger charge is -2.14. The Morgan fingerprint density at radius 2 is 2.05 bits per heavy atom. The topological polar surface area (TPSA) is 50.4 Å². The SMILES string of the molecule is CCC(C)NC(=O)CNc1ccccc1OC(F)F. The van der Waals surface area contributed by atoms with Crippen LogP contribution in [0.1, 0.15) is 20.3 Å². The fourth-order valence-electron chi connectivity index (χ4n) is 1.41. The molecule has 1 aromatic carbocycles. The van der Waals surface area contributed by atoms with Gasteiger partial charge < -0.3 is 15.4 Å². The Hall–Kier alpha value is -1.85. The average Bonchev–Trinajstić information content (AvgIpc) is 2.37. The van der Waals surface area contributed by atoms with Crippen molar-refractivity contribution in [1.29, 1.82) is 0 Å². The number of rotatable bonds is 7. The number of benzene rings is 1. The maximum atomic E-state index is 12.2. The minimum Gasteiger partial charge on any atom is -0.433 e. The standard InChI is InChI=1S/C13H18F2N2O2/c1-3-9(2)17-12(18)8-16-10-6-4-5-7-11(10)19-13(14)15/h4-7,9,13,16H,3,8H2,1-2H3,(H,17,18). The molecule has 0 spiro atoms. The van der Waals surface area contributed by atoms with Gasteiger partial charge in [-0.2, -0.15) is 8.78 Å². The molecule has 0 aromatic heterocycles. The Morgan fingerprint density at radius 1 is 1.37 bits per heavy atom. The van der Waals surface area contributed by atoms with Gasteiger partial charge in [0, 0.05) is 6.04 Å². The third-order valence-corrected chi connectivity index (χ3v) is 2.56. The molecule has 0 aliphatic heterocycles. The van der Waals surface area contributed by atoms with E-state index in [1.807, 2.05) is 13.8 Å². The lowest BCUT2D eigenvalue weighted by atomic mass is 10.2. The molecule has 1 atom stereocenters. The normalized spacial score (nSPS) is 12.1. The van der Waals surface area contributed by atoms with Crippen LogP contribution in [0.15, 0.2) is 24.3 Å². The Morgan fingerprint density at radius 3 is 2.68 bits per heavy atom. The summed E-state index contributed by atoms with van der Waals surface area (Å²) in [5.41, 5.74) is 0.363. The van der Waals surface area contributed by atoms with E-state index >= 15 is 0 Å². The molecule has 0 saturated carbocycles. The van der Waals surface area contributed by atoms with E-state index < -0.39 is 6.61 Å². The lowest BCUT2D eigenvalue weighted by molar-refractivity contribution is -0.120. The molecule has 0 heterocycles. The highest BCUT2D eigenvalue weighted by Crippen LogP contribution is 2.25. The number of ether oxygens (including phenoxy) is 1. The summed E-state index contributed by atoms with van der Waals surface area (Å²) < 4.78 is 28.7. The van der Waals surface area contributed by atoms with Crippen LogP contribution in [-0.4, -0.2) is 25.1 Å². The van der Waals surface area contributed by atoms with E-state index in [9.17, 15) is 13.6 Å². The van der Waals surface area contributed by atoms with Crippen molar-refractivity contribution in [3.8, 4) is 5.75 Å². The van der Waals surface area contributed by atoms with Gasteiger partial charge in [0.2, 0.25) is 5.91 Å². The fraction of sp³-hybridized carbons (Fsp3) is 0.462. The summed E-state index contributed by atoms with van der Waals surface area (Å²) in [6.07, 6.45) is 0.830. The summed E-state index contributed by atoms with van der Waals surface area (Å²) in [7, 11) is 0. The highest BCUT2D eigenvalue weighted by molar-refractivity contribution is 5.81. The van der Waals surface area contributed by atoms with Crippen molar-refractivity contribution in [2.75, 3.05) is 11.9 Å². The molecule has 0 aliphatic carbocycles. The molecule has 106 valence electrons. The van der Waals surface area contributed by atoms with Gasteiger partial charge in [-0.25, -0.2) is 0 Å². The first kappa shape index (κ1) is 15.2. The summed E-state index contributed by atoms with van der Waals surface area (Å²) in [6, 6.07) is 6.34. The van der Waals surface area contributed by atoms with Crippen LogP contribution in [0.4, 0.5) is 14.5 Å². The van der Waals surface area contributed by atoms with Gasteiger partial charge in [0.15, 0.2) is 0 Å². The van der Waals surface area contributed by atoms with E-state index in [0.717, 1.165) is 6.42 Å². The zero-order valence-electron chi connectivity index (χ0n) is 11.0. The van der Waals surface area contributed by atoms with Gasteiger partial charge >= 0.3 is 6.61 Å². The summed E-state index contributed by atoms with van der Waals surface area (Å²) in [6.45, 7) is 0.973. The molecule has 1 rings (SSSR count). The van der Waals surface area contributed by atoms with E-state index in [-0.39, 0.29) is 24.2 Å². The summed E-state index contributed by atoms with van der Waals surface area (Å²) in [5.74, 6) is -0.171. The second kappa shape index (κ2) is 7.56. The molecule has 6 heteroatoms. The van der Waals surface area contributed by atoms with Gasteiger partial charge in [-0.1, -0.05) is 19.1 Å². The van der Waals surface area contributed by atoms with Crippen LogP contribution >= 0.6 is 0 Å². The summed E-state index contributed by atoms with van der Waals surface area (Å²) >= 11 is 0. The molecular formula is C13H18F2N2O2.